The van der Waals surface area contributed by atoms with Gasteiger partial charge in [-0.1, -0.05) is 0 Å². The molecule has 0 aliphatic heterocycles. The van der Waals surface area contributed by atoms with Crippen LogP contribution in [0.25, 0.3) is 0 Å². The zero-order chi connectivity index (χ0) is 9.07. The van der Waals surface area contributed by atoms with Gasteiger partial charge in [0.2, 0.25) is 10.0 Å². The molecule has 0 radical (unpaired) electrons. The Morgan fingerprint density at radius 2 is 2.00 bits per heavy atom. The first-order valence-corrected chi connectivity index (χ1v) is 5.22. The van der Waals surface area contributed by atoms with Crippen molar-refractivity contribution in [2.75, 3.05) is 19.3 Å². The maximum atomic E-state index is 11.2. The molecule has 0 aliphatic rings. The van der Waals surface area contributed by atoms with Crippen molar-refractivity contribution in [1.29, 1.82) is 0 Å². The van der Waals surface area contributed by atoms with Gasteiger partial charge >= 0.3 is 0 Å². The maximum Gasteiger partial charge on any atom is 0.213 e. The molecular weight excluding hydrogens is 164 g/mol. The van der Waals surface area contributed by atoms with E-state index in [0.29, 0.717) is 6.54 Å². The van der Waals surface area contributed by atoms with E-state index in [-0.39, 0.29) is 11.8 Å². The molecule has 0 rings (SSSR count). The minimum atomic E-state index is -3.06. The number of sulfonamides is 1. The van der Waals surface area contributed by atoms with Gasteiger partial charge in [0.1, 0.15) is 0 Å². The SMILES string of the molecule is CCS(=O)(=O)N(C)C(C)CN. The lowest BCUT2D eigenvalue weighted by molar-refractivity contribution is 0.395. The van der Waals surface area contributed by atoms with Gasteiger partial charge in [-0.25, -0.2) is 12.7 Å². The Kier molecular flexibility index (Phi) is 3.99. The standard InChI is InChI=1S/C6H16N2O2S/c1-4-11(9,10)8(3)6(2)5-7/h6H,4-5,7H2,1-3H3. The second-order valence-electron chi connectivity index (χ2n) is 2.50. The molecule has 0 aromatic rings. The van der Waals surface area contributed by atoms with Crippen LogP contribution in [0.2, 0.25) is 0 Å². The highest BCUT2D eigenvalue weighted by Gasteiger charge is 2.19. The highest BCUT2D eigenvalue weighted by molar-refractivity contribution is 7.89. The Bertz CT molecular complexity index is 201. The van der Waals surface area contributed by atoms with Crippen molar-refractivity contribution >= 4 is 10.0 Å². The molecule has 0 aliphatic carbocycles. The third-order valence-corrected chi connectivity index (χ3v) is 3.73. The Morgan fingerprint density at radius 1 is 1.55 bits per heavy atom. The molecule has 0 heterocycles. The normalized spacial score (nSPS) is 15.4. The quantitative estimate of drug-likeness (QED) is 0.641. The van der Waals surface area contributed by atoms with Gasteiger partial charge in [0.25, 0.3) is 0 Å². The lowest BCUT2D eigenvalue weighted by Gasteiger charge is -2.21. The minimum Gasteiger partial charge on any atom is -0.329 e. The topological polar surface area (TPSA) is 63.4 Å². The second-order valence-corrected chi connectivity index (χ2v) is 4.82. The van der Waals surface area contributed by atoms with Crippen molar-refractivity contribution in [2.45, 2.75) is 19.9 Å². The van der Waals surface area contributed by atoms with Gasteiger partial charge in [-0.15, -0.1) is 0 Å². The van der Waals surface area contributed by atoms with Crippen molar-refractivity contribution in [3.63, 3.8) is 0 Å². The van der Waals surface area contributed by atoms with Crippen molar-refractivity contribution in [1.82, 2.24) is 4.31 Å². The van der Waals surface area contributed by atoms with Gasteiger partial charge < -0.3 is 5.73 Å². The molecule has 1 atom stereocenters. The number of nitrogens with zero attached hydrogens (tertiary/aromatic N) is 1. The first kappa shape index (κ1) is 10.9. The van der Waals surface area contributed by atoms with Crippen LogP contribution in [0.3, 0.4) is 0 Å². The molecule has 68 valence electrons. The Labute approximate surface area is 68.4 Å². The molecule has 0 aromatic heterocycles. The molecule has 4 nitrogen and oxygen atoms in total. The molecule has 0 saturated carbocycles. The fourth-order valence-corrected chi connectivity index (χ4v) is 1.67. The summed E-state index contributed by atoms with van der Waals surface area (Å²) in [5, 5.41) is 0. The molecule has 2 N–H and O–H groups in total. The van der Waals surface area contributed by atoms with Crippen LogP contribution in [-0.2, 0) is 10.0 Å². The molecule has 11 heavy (non-hydrogen) atoms. The summed E-state index contributed by atoms with van der Waals surface area (Å²) < 4.78 is 23.7. The summed E-state index contributed by atoms with van der Waals surface area (Å²) >= 11 is 0. The van der Waals surface area contributed by atoms with E-state index in [9.17, 15) is 8.42 Å². The van der Waals surface area contributed by atoms with Crippen molar-refractivity contribution in [2.24, 2.45) is 5.73 Å². The average molecular weight is 180 g/mol. The molecule has 1 unspecified atom stereocenters. The van der Waals surface area contributed by atoms with Gasteiger partial charge in [0.05, 0.1) is 5.75 Å². The molecule has 0 bridgehead atoms. The first-order chi connectivity index (χ1) is 4.95. The number of hydrogen-bond donors (Lipinski definition) is 1. The van der Waals surface area contributed by atoms with Gasteiger partial charge in [0.15, 0.2) is 0 Å². The van der Waals surface area contributed by atoms with Gasteiger partial charge in [0, 0.05) is 19.6 Å². The van der Waals surface area contributed by atoms with Crippen molar-refractivity contribution in [3.05, 3.63) is 0 Å². The molecule has 0 fully saturated rings. The smallest absolute Gasteiger partial charge is 0.213 e. The van der Waals surface area contributed by atoms with Gasteiger partial charge in [-0.3, -0.25) is 0 Å². The Morgan fingerprint density at radius 3 is 2.27 bits per heavy atom. The summed E-state index contributed by atoms with van der Waals surface area (Å²) in [6.45, 7) is 3.76. The van der Waals surface area contributed by atoms with E-state index in [1.54, 1.807) is 20.9 Å². The van der Waals surface area contributed by atoms with E-state index in [2.05, 4.69) is 0 Å². The summed E-state index contributed by atoms with van der Waals surface area (Å²) in [5.74, 6) is 0.133. The van der Waals surface area contributed by atoms with Gasteiger partial charge in [-0.2, -0.15) is 0 Å². The number of hydrogen-bond acceptors (Lipinski definition) is 3. The molecular formula is C6H16N2O2S. The zero-order valence-corrected chi connectivity index (χ0v) is 8.06. The molecule has 0 spiro atoms. The van der Waals surface area contributed by atoms with E-state index in [4.69, 9.17) is 5.73 Å². The van der Waals surface area contributed by atoms with E-state index in [1.807, 2.05) is 0 Å². The number of nitrogens with two attached hydrogens (primary N) is 1. The molecule has 5 heteroatoms. The third-order valence-electron chi connectivity index (χ3n) is 1.77. The first-order valence-electron chi connectivity index (χ1n) is 3.61. The molecule has 0 saturated heterocycles. The summed E-state index contributed by atoms with van der Waals surface area (Å²) in [5.41, 5.74) is 5.32. The Balaban J connectivity index is 4.36. The lowest BCUT2D eigenvalue weighted by Crippen LogP contribution is -2.40. The predicted octanol–water partition coefficient (Wildman–Crippen LogP) is -0.385. The fraction of sp³-hybridized carbons (Fsp3) is 1.00. The minimum absolute atomic E-state index is 0.111. The van der Waals surface area contributed by atoms with E-state index in [1.165, 1.54) is 4.31 Å². The van der Waals surface area contributed by atoms with Crippen LogP contribution in [0.5, 0.6) is 0 Å². The molecule has 0 amide bonds. The van der Waals surface area contributed by atoms with Crippen LogP contribution in [0, 0.1) is 0 Å². The maximum absolute atomic E-state index is 11.2. The Hall–Kier alpha value is -0.130. The summed E-state index contributed by atoms with van der Waals surface area (Å²) in [7, 11) is -1.50. The summed E-state index contributed by atoms with van der Waals surface area (Å²) in [6, 6.07) is -0.111. The fourth-order valence-electron chi connectivity index (χ4n) is 0.626. The van der Waals surface area contributed by atoms with Crippen LogP contribution >= 0.6 is 0 Å². The van der Waals surface area contributed by atoms with Crippen molar-refractivity contribution < 1.29 is 8.42 Å². The van der Waals surface area contributed by atoms with E-state index < -0.39 is 10.0 Å². The summed E-state index contributed by atoms with van der Waals surface area (Å²) in [4.78, 5) is 0. The second kappa shape index (κ2) is 4.04. The predicted molar refractivity (Wildman–Crippen MR) is 45.7 cm³/mol. The van der Waals surface area contributed by atoms with Crippen LogP contribution in [0.1, 0.15) is 13.8 Å². The summed E-state index contributed by atoms with van der Waals surface area (Å²) in [6.07, 6.45) is 0. The van der Waals surface area contributed by atoms with Crippen LogP contribution in [0.4, 0.5) is 0 Å². The van der Waals surface area contributed by atoms with Crippen LogP contribution in [-0.4, -0.2) is 38.1 Å². The zero-order valence-electron chi connectivity index (χ0n) is 7.24. The molecule has 0 aromatic carbocycles. The largest absolute Gasteiger partial charge is 0.329 e. The number of likely N-dealkylation sites (N-methyl/N-ethyl adjacent to an activating group) is 1. The third kappa shape index (κ3) is 2.76. The van der Waals surface area contributed by atoms with E-state index in [0.717, 1.165) is 0 Å². The van der Waals surface area contributed by atoms with Gasteiger partial charge in [-0.05, 0) is 13.8 Å². The average Bonchev–Trinajstić information content (AvgIpc) is 2.01. The number of rotatable bonds is 4. The monoisotopic (exact) mass is 180 g/mol. The van der Waals surface area contributed by atoms with E-state index >= 15 is 0 Å². The van der Waals surface area contributed by atoms with Crippen LogP contribution < -0.4 is 5.73 Å². The highest BCUT2D eigenvalue weighted by Crippen LogP contribution is 2.02. The highest BCUT2D eigenvalue weighted by atomic mass is 32.2. The lowest BCUT2D eigenvalue weighted by atomic mass is 10.4. The van der Waals surface area contributed by atoms with Crippen molar-refractivity contribution in [3.8, 4) is 0 Å². The van der Waals surface area contributed by atoms with Crippen LogP contribution in [0.15, 0.2) is 0 Å².